The van der Waals surface area contributed by atoms with Gasteiger partial charge in [-0.25, -0.2) is 0 Å². The van der Waals surface area contributed by atoms with Crippen LogP contribution in [-0.2, 0) is 0 Å². The van der Waals surface area contributed by atoms with Crippen molar-refractivity contribution in [2.45, 2.75) is 72.6 Å². The van der Waals surface area contributed by atoms with Gasteiger partial charge in [-0.05, 0) is 32.1 Å². The first-order valence-electron chi connectivity index (χ1n) is 7.02. The molecule has 0 aliphatic carbocycles. The number of unbranched alkanes of at least 4 members (excludes halogenated alkanes) is 2. The highest BCUT2D eigenvalue weighted by molar-refractivity contribution is 4.91. The second kappa shape index (κ2) is 24.6. The molecule has 0 aromatic heterocycles. The molecule has 104 valence electrons. The summed E-state index contributed by atoms with van der Waals surface area (Å²) in [6.45, 7) is 16.2. The van der Waals surface area contributed by atoms with Crippen LogP contribution >= 0.6 is 0 Å². The van der Waals surface area contributed by atoms with E-state index in [0.29, 0.717) is 6.61 Å². The molecular weight excluding hydrogens is 208 g/mol. The smallest absolute Gasteiger partial charge is 0.0430 e. The summed E-state index contributed by atoms with van der Waals surface area (Å²) in [5, 5.41) is 8.07. The summed E-state index contributed by atoms with van der Waals surface area (Å²) in [4.78, 5) is 0. The SMILES string of the molecule is C=C(CC)CCCC.C=CCC.CCCCO. The Kier molecular flexibility index (Phi) is 31.4. The standard InChI is InChI=1S/C8H16.C4H10O.C4H8/c1-4-6-7-8(3)5-2;1-2-3-4-5;1-3-4-2/h3-7H2,1-2H3;5H,2-4H2,1H3;3H,1,4H2,2H3. The van der Waals surface area contributed by atoms with Crippen molar-refractivity contribution in [2.24, 2.45) is 0 Å². The zero-order chi connectivity index (χ0) is 13.9. The van der Waals surface area contributed by atoms with Crippen LogP contribution in [0.15, 0.2) is 24.8 Å². The van der Waals surface area contributed by atoms with Gasteiger partial charge in [0.1, 0.15) is 0 Å². The van der Waals surface area contributed by atoms with E-state index in [1.54, 1.807) is 0 Å². The maximum atomic E-state index is 8.07. The zero-order valence-corrected chi connectivity index (χ0v) is 12.6. The lowest BCUT2D eigenvalue weighted by Gasteiger charge is -1.97. The molecule has 0 fully saturated rings. The molecule has 0 saturated carbocycles. The summed E-state index contributed by atoms with van der Waals surface area (Å²) in [6, 6.07) is 0. The van der Waals surface area contributed by atoms with Gasteiger partial charge in [0, 0.05) is 6.61 Å². The van der Waals surface area contributed by atoms with Crippen molar-refractivity contribution >= 4 is 0 Å². The summed E-state index contributed by atoms with van der Waals surface area (Å²) in [5.41, 5.74) is 1.40. The van der Waals surface area contributed by atoms with E-state index in [0.717, 1.165) is 25.7 Å². The second-order valence-electron chi connectivity index (χ2n) is 3.98. The van der Waals surface area contributed by atoms with Crippen LogP contribution in [0.3, 0.4) is 0 Å². The summed E-state index contributed by atoms with van der Waals surface area (Å²) in [7, 11) is 0. The topological polar surface area (TPSA) is 20.2 Å². The fourth-order valence-electron chi connectivity index (χ4n) is 0.762. The molecule has 0 amide bonds. The minimum Gasteiger partial charge on any atom is -0.396 e. The van der Waals surface area contributed by atoms with Crippen LogP contribution in [0.4, 0.5) is 0 Å². The van der Waals surface area contributed by atoms with Crippen LogP contribution in [0.25, 0.3) is 0 Å². The van der Waals surface area contributed by atoms with Gasteiger partial charge in [0.25, 0.3) is 0 Å². The molecule has 0 spiro atoms. The van der Waals surface area contributed by atoms with Crippen molar-refractivity contribution in [1.29, 1.82) is 0 Å². The number of hydrogen-bond donors (Lipinski definition) is 1. The van der Waals surface area contributed by atoms with Crippen LogP contribution in [-0.4, -0.2) is 11.7 Å². The maximum Gasteiger partial charge on any atom is 0.0430 e. The Morgan fingerprint density at radius 1 is 1.06 bits per heavy atom. The molecule has 0 aromatic carbocycles. The third kappa shape index (κ3) is 39.2. The molecule has 0 heterocycles. The molecule has 0 saturated heterocycles. The molecule has 0 aromatic rings. The van der Waals surface area contributed by atoms with E-state index in [1.807, 2.05) is 6.08 Å². The monoisotopic (exact) mass is 242 g/mol. The van der Waals surface area contributed by atoms with E-state index in [9.17, 15) is 0 Å². The van der Waals surface area contributed by atoms with Crippen LogP contribution < -0.4 is 0 Å². The predicted octanol–water partition coefficient (Wildman–Crippen LogP) is 5.50. The molecule has 1 heteroatoms. The van der Waals surface area contributed by atoms with Crippen LogP contribution in [0.5, 0.6) is 0 Å². The highest BCUT2D eigenvalue weighted by atomic mass is 16.2. The van der Waals surface area contributed by atoms with Gasteiger partial charge in [-0.15, -0.1) is 6.58 Å². The number of rotatable bonds is 7. The van der Waals surface area contributed by atoms with Gasteiger partial charge in [0.15, 0.2) is 0 Å². The fraction of sp³-hybridized carbons (Fsp3) is 0.750. The molecule has 0 bridgehead atoms. The van der Waals surface area contributed by atoms with Gasteiger partial charge in [-0.1, -0.05) is 58.8 Å². The van der Waals surface area contributed by atoms with E-state index in [1.165, 1.54) is 24.8 Å². The normalized spacial score (nSPS) is 8.29. The molecular formula is C16H34O. The first kappa shape index (κ1) is 21.7. The van der Waals surface area contributed by atoms with Crippen molar-refractivity contribution in [3.05, 3.63) is 24.8 Å². The Morgan fingerprint density at radius 2 is 1.53 bits per heavy atom. The molecule has 0 aliphatic heterocycles. The van der Waals surface area contributed by atoms with Crippen molar-refractivity contribution in [2.75, 3.05) is 6.61 Å². The number of hydrogen-bond acceptors (Lipinski definition) is 1. The minimum atomic E-state index is 0.344. The average molecular weight is 242 g/mol. The van der Waals surface area contributed by atoms with Gasteiger partial charge < -0.3 is 5.11 Å². The molecule has 0 aliphatic rings. The first-order chi connectivity index (χ1) is 8.14. The average Bonchev–Trinajstić information content (AvgIpc) is 2.37. The zero-order valence-electron chi connectivity index (χ0n) is 12.6. The Labute approximate surface area is 110 Å². The predicted molar refractivity (Wildman–Crippen MR) is 81.4 cm³/mol. The second-order valence-corrected chi connectivity index (χ2v) is 3.98. The molecule has 1 nitrogen and oxygen atoms in total. The van der Waals surface area contributed by atoms with Crippen molar-refractivity contribution < 1.29 is 5.11 Å². The van der Waals surface area contributed by atoms with E-state index in [4.69, 9.17) is 5.11 Å². The summed E-state index contributed by atoms with van der Waals surface area (Å²) < 4.78 is 0. The quantitative estimate of drug-likeness (QED) is 0.584. The molecule has 1 N–H and O–H groups in total. The minimum absolute atomic E-state index is 0.344. The number of aliphatic hydroxyl groups excluding tert-OH is 1. The van der Waals surface area contributed by atoms with Gasteiger partial charge in [0.05, 0.1) is 0 Å². The lowest BCUT2D eigenvalue weighted by Crippen LogP contribution is -1.76. The lowest BCUT2D eigenvalue weighted by molar-refractivity contribution is 0.287. The highest BCUT2D eigenvalue weighted by Gasteiger charge is 1.86. The van der Waals surface area contributed by atoms with Gasteiger partial charge >= 0.3 is 0 Å². The third-order valence-electron chi connectivity index (χ3n) is 2.18. The Hall–Kier alpha value is -0.560. The van der Waals surface area contributed by atoms with Crippen molar-refractivity contribution in [3.63, 3.8) is 0 Å². The van der Waals surface area contributed by atoms with Crippen LogP contribution in [0, 0.1) is 0 Å². The largest absolute Gasteiger partial charge is 0.396 e. The van der Waals surface area contributed by atoms with E-state index < -0.39 is 0 Å². The molecule has 0 atom stereocenters. The number of aliphatic hydroxyl groups is 1. The van der Waals surface area contributed by atoms with E-state index >= 15 is 0 Å². The number of allylic oxidation sites excluding steroid dienone is 2. The Balaban J connectivity index is -0.000000188. The van der Waals surface area contributed by atoms with Crippen LogP contribution in [0.1, 0.15) is 72.6 Å². The van der Waals surface area contributed by atoms with Crippen LogP contribution in [0.2, 0.25) is 0 Å². The summed E-state index contributed by atoms with van der Waals surface area (Å²) in [6.07, 6.45) is 9.98. The molecule has 17 heavy (non-hydrogen) atoms. The Bertz CT molecular complexity index is 136. The van der Waals surface area contributed by atoms with E-state index in [-0.39, 0.29) is 0 Å². The van der Waals surface area contributed by atoms with Crippen molar-refractivity contribution in [3.8, 4) is 0 Å². The summed E-state index contributed by atoms with van der Waals surface area (Å²) in [5.74, 6) is 0. The molecule has 0 unspecified atom stereocenters. The fourth-order valence-corrected chi connectivity index (χ4v) is 0.762. The van der Waals surface area contributed by atoms with Gasteiger partial charge in [-0.2, -0.15) is 0 Å². The van der Waals surface area contributed by atoms with Gasteiger partial charge in [0.2, 0.25) is 0 Å². The molecule has 0 radical (unpaired) electrons. The summed E-state index contributed by atoms with van der Waals surface area (Å²) >= 11 is 0. The highest BCUT2D eigenvalue weighted by Crippen LogP contribution is 2.06. The Morgan fingerprint density at radius 3 is 1.71 bits per heavy atom. The van der Waals surface area contributed by atoms with Crippen molar-refractivity contribution in [1.82, 2.24) is 0 Å². The third-order valence-corrected chi connectivity index (χ3v) is 2.18. The maximum absolute atomic E-state index is 8.07. The lowest BCUT2D eigenvalue weighted by atomic mass is 10.1. The van der Waals surface area contributed by atoms with E-state index in [2.05, 4.69) is 40.9 Å². The van der Waals surface area contributed by atoms with Gasteiger partial charge in [-0.3, -0.25) is 0 Å². The molecule has 0 rings (SSSR count). The first-order valence-corrected chi connectivity index (χ1v) is 7.02.